The third kappa shape index (κ3) is 4.04. The number of aromatic nitrogens is 1. The van der Waals surface area contributed by atoms with Crippen molar-refractivity contribution in [1.29, 1.82) is 5.26 Å². The van der Waals surface area contributed by atoms with E-state index in [1.54, 1.807) is 6.07 Å². The Kier molecular flexibility index (Phi) is 4.87. The van der Waals surface area contributed by atoms with Gasteiger partial charge in [0.25, 0.3) is 0 Å². The molecule has 1 heterocycles. The topological polar surface area (TPSA) is 66.1 Å². The molecule has 0 radical (unpaired) electrons. The van der Waals surface area contributed by atoms with Gasteiger partial charge in [-0.1, -0.05) is 17.9 Å². The summed E-state index contributed by atoms with van der Waals surface area (Å²) < 4.78 is 19.1. The monoisotopic (exact) mass is 282 g/mol. The normalized spacial score (nSPS) is 9.38. The molecule has 5 heteroatoms. The molecule has 2 rings (SSSR count). The Morgan fingerprint density at radius 1 is 1.24 bits per heavy atom. The maximum Gasteiger partial charge on any atom is 0.139 e. The van der Waals surface area contributed by atoms with Gasteiger partial charge in [-0.2, -0.15) is 5.26 Å². The molecule has 1 aromatic carbocycles. The first-order valence-corrected chi connectivity index (χ1v) is 6.09. The lowest BCUT2D eigenvalue weighted by Crippen LogP contribution is -1.99. The third-order valence-electron chi connectivity index (χ3n) is 2.60. The van der Waals surface area contributed by atoms with Gasteiger partial charge in [-0.05, 0) is 18.2 Å². The minimum absolute atomic E-state index is 0.0239. The van der Waals surface area contributed by atoms with Gasteiger partial charge in [-0.3, -0.25) is 4.98 Å². The zero-order valence-electron chi connectivity index (χ0n) is 11.0. The maximum absolute atomic E-state index is 13.7. The van der Waals surface area contributed by atoms with Crippen LogP contribution in [-0.4, -0.2) is 16.7 Å². The molecule has 1 N–H and O–H groups in total. The number of ether oxygens (including phenoxy) is 1. The Bertz CT molecular complexity index is 742. The number of nitriles is 1. The van der Waals surface area contributed by atoms with E-state index in [1.807, 2.05) is 6.07 Å². The Morgan fingerprint density at radius 2 is 2.10 bits per heavy atom. The molecule has 0 amide bonds. The number of rotatable bonds is 3. The highest BCUT2D eigenvalue weighted by atomic mass is 19.1. The molecule has 0 bridgehead atoms. The van der Waals surface area contributed by atoms with Gasteiger partial charge in [-0.15, -0.1) is 0 Å². The lowest BCUT2D eigenvalue weighted by Gasteiger charge is -2.07. The van der Waals surface area contributed by atoms with Gasteiger partial charge in [0.1, 0.15) is 24.8 Å². The zero-order valence-corrected chi connectivity index (χ0v) is 11.0. The Labute approximate surface area is 121 Å². The molecule has 4 nitrogen and oxygen atoms in total. The first kappa shape index (κ1) is 14.5. The van der Waals surface area contributed by atoms with E-state index >= 15 is 0 Å². The zero-order chi connectivity index (χ0) is 15.1. The van der Waals surface area contributed by atoms with Crippen LogP contribution < -0.4 is 4.74 Å². The molecule has 0 saturated carbocycles. The maximum atomic E-state index is 13.7. The fraction of sp³-hybridized carbons (Fsp3) is 0.125. The lowest BCUT2D eigenvalue weighted by atomic mass is 10.1. The summed E-state index contributed by atoms with van der Waals surface area (Å²) in [5.74, 6) is 5.17. The van der Waals surface area contributed by atoms with Crippen LogP contribution in [-0.2, 0) is 6.61 Å². The molecular formula is C16H11FN2O2. The minimum Gasteiger partial charge on any atom is -0.487 e. The predicted octanol–water partition coefficient (Wildman–Crippen LogP) is 2.02. The van der Waals surface area contributed by atoms with Crippen molar-refractivity contribution in [3.8, 4) is 23.7 Å². The average molecular weight is 282 g/mol. The second-order valence-corrected chi connectivity index (χ2v) is 4.08. The van der Waals surface area contributed by atoms with Crippen molar-refractivity contribution in [2.75, 3.05) is 6.61 Å². The van der Waals surface area contributed by atoms with Crippen molar-refractivity contribution in [2.24, 2.45) is 0 Å². The summed E-state index contributed by atoms with van der Waals surface area (Å²) in [5, 5.41) is 17.3. The summed E-state index contributed by atoms with van der Waals surface area (Å²) in [6.45, 7) is -0.211. The number of benzene rings is 1. The molecule has 0 spiro atoms. The summed E-state index contributed by atoms with van der Waals surface area (Å²) >= 11 is 0. The van der Waals surface area contributed by atoms with Crippen molar-refractivity contribution in [1.82, 2.24) is 4.98 Å². The average Bonchev–Trinajstić information content (AvgIpc) is 2.52. The van der Waals surface area contributed by atoms with E-state index in [4.69, 9.17) is 15.1 Å². The number of halogens is 1. The first-order valence-electron chi connectivity index (χ1n) is 6.09. The van der Waals surface area contributed by atoms with E-state index < -0.39 is 5.82 Å². The fourth-order valence-corrected chi connectivity index (χ4v) is 1.60. The molecule has 104 valence electrons. The van der Waals surface area contributed by atoms with Crippen LogP contribution >= 0.6 is 0 Å². The van der Waals surface area contributed by atoms with Crippen LogP contribution in [0.3, 0.4) is 0 Å². The quantitative estimate of drug-likeness (QED) is 0.875. The molecule has 0 aliphatic carbocycles. The molecule has 0 aliphatic heterocycles. The summed E-state index contributed by atoms with van der Waals surface area (Å²) in [6, 6.07) is 7.73. The van der Waals surface area contributed by atoms with E-state index in [1.165, 1.54) is 30.6 Å². The predicted molar refractivity (Wildman–Crippen MR) is 73.6 cm³/mol. The highest BCUT2D eigenvalue weighted by Crippen LogP contribution is 2.15. The van der Waals surface area contributed by atoms with Gasteiger partial charge >= 0.3 is 0 Å². The van der Waals surface area contributed by atoms with Gasteiger partial charge < -0.3 is 9.84 Å². The Hall–Kier alpha value is -2.89. The van der Waals surface area contributed by atoms with Crippen LogP contribution in [0.25, 0.3) is 0 Å². The molecule has 21 heavy (non-hydrogen) atoms. The number of aliphatic hydroxyl groups excluding tert-OH is 1. The number of aliphatic hydroxyl groups is 1. The van der Waals surface area contributed by atoms with E-state index in [0.29, 0.717) is 16.9 Å². The van der Waals surface area contributed by atoms with E-state index in [-0.39, 0.29) is 18.8 Å². The third-order valence-corrected chi connectivity index (χ3v) is 2.60. The second-order valence-electron chi connectivity index (χ2n) is 4.08. The van der Waals surface area contributed by atoms with Crippen LogP contribution in [0.15, 0.2) is 36.7 Å². The lowest BCUT2D eigenvalue weighted by molar-refractivity contribution is 0.298. The minimum atomic E-state index is -0.488. The SMILES string of the molecule is N#Cc1ccc(COc2cncc(C#CCO)c2)c(F)c1. The summed E-state index contributed by atoms with van der Waals surface area (Å²) in [4.78, 5) is 3.95. The van der Waals surface area contributed by atoms with E-state index in [0.717, 1.165) is 0 Å². The van der Waals surface area contributed by atoms with Crippen LogP contribution in [0.1, 0.15) is 16.7 Å². The van der Waals surface area contributed by atoms with Crippen molar-refractivity contribution in [3.63, 3.8) is 0 Å². The molecule has 0 atom stereocenters. The highest BCUT2D eigenvalue weighted by molar-refractivity contribution is 5.37. The largest absolute Gasteiger partial charge is 0.487 e. The van der Waals surface area contributed by atoms with E-state index in [9.17, 15) is 4.39 Å². The molecule has 0 aliphatic rings. The van der Waals surface area contributed by atoms with Gasteiger partial charge in [0.05, 0.1) is 17.8 Å². The number of hydrogen-bond donors (Lipinski definition) is 1. The Morgan fingerprint density at radius 3 is 2.81 bits per heavy atom. The summed E-state index contributed by atoms with van der Waals surface area (Å²) in [7, 11) is 0. The standard InChI is InChI=1S/C16H11FN2O2/c17-16-7-12(8-18)3-4-14(16)11-21-15-6-13(2-1-5-20)9-19-10-15/h3-4,6-7,9-10,20H,5,11H2. The van der Waals surface area contributed by atoms with Gasteiger partial charge in [-0.25, -0.2) is 4.39 Å². The van der Waals surface area contributed by atoms with E-state index in [2.05, 4.69) is 16.8 Å². The first-order chi connectivity index (χ1) is 10.2. The second kappa shape index (κ2) is 7.04. The summed E-state index contributed by atoms with van der Waals surface area (Å²) in [5.41, 5.74) is 1.21. The molecule has 2 aromatic rings. The van der Waals surface area contributed by atoms with Crippen molar-refractivity contribution in [2.45, 2.75) is 6.61 Å². The van der Waals surface area contributed by atoms with Crippen LogP contribution in [0, 0.1) is 29.0 Å². The Balaban J connectivity index is 2.08. The van der Waals surface area contributed by atoms with Gasteiger partial charge in [0, 0.05) is 17.3 Å². The number of pyridine rings is 1. The molecule has 0 fully saturated rings. The van der Waals surface area contributed by atoms with Crippen LogP contribution in [0.2, 0.25) is 0 Å². The van der Waals surface area contributed by atoms with Gasteiger partial charge in [0.15, 0.2) is 0 Å². The van der Waals surface area contributed by atoms with Crippen LogP contribution in [0.5, 0.6) is 5.75 Å². The van der Waals surface area contributed by atoms with Crippen molar-refractivity contribution in [3.05, 3.63) is 59.2 Å². The summed E-state index contributed by atoms with van der Waals surface area (Å²) in [6.07, 6.45) is 3.03. The molecule has 0 saturated heterocycles. The van der Waals surface area contributed by atoms with Gasteiger partial charge in [0.2, 0.25) is 0 Å². The smallest absolute Gasteiger partial charge is 0.139 e. The van der Waals surface area contributed by atoms with Crippen molar-refractivity contribution < 1.29 is 14.2 Å². The highest BCUT2D eigenvalue weighted by Gasteiger charge is 2.05. The number of hydrogen-bond acceptors (Lipinski definition) is 4. The molecule has 0 unspecified atom stereocenters. The van der Waals surface area contributed by atoms with Crippen molar-refractivity contribution >= 4 is 0 Å². The number of nitrogens with zero attached hydrogens (tertiary/aromatic N) is 2. The van der Waals surface area contributed by atoms with Crippen LogP contribution in [0.4, 0.5) is 4.39 Å². The fourth-order valence-electron chi connectivity index (χ4n) is 1.60. The molecular weight excluding hydrogens is 271 g/mol. The molecule has 1 aromatic heterocycles.